The minimum absolute atomic E-state index is 0.315. The van der Waals surface area contributed by atoms with Gasteiger partial charge in [0.2, 0.25) is 0 Å². The number of benzene rings is 3. The third kappa shape index (κ3) is 5.44. The molecule has 3 N–H and O–H groups in total. The minimum atomic E-state index is -0.315. The van der Waals surface area contributed by atoms with Crippen LogP contribution in [0.5, 0.6) is 0 Å². The molecule has 0 radical (unpaired) electrons. The van der Waals surface area contributed by atoms with Gasteiger partial charge in [0.25, 0.3) is 0 Å². The van der Waals surface area contributed by atoms with E-state index < -0.39 is 0 Å². The van der Waals surface area contributed by atoms with Gasteiger partial charge in [-0.15, -0.1) is 0 Å². The van der Waals surface area contributed by atoms with Gasteiger partial charge in [-0.3, -0.25) is 4.99 Å². The number of para-hydroxylation sites is 3. The van der Waals surface area contributed by atoms with Gasteiger partial charge in [0, 0.05) is 36.1 Å². The molecule has 0 heterocycles. The van der Waals surface area contributed by atoms with E-state index >= 15 is 0 Å². The van der Waals surface area contributed by atoms with Crippen LogP contribution in [-0.4, -0.2) is 19.4 Å². The molecule has 4 nitrogen and oxygen atoms in total. The molecule has 0 fully saturated rings. The Labute approximate surface area is 187 Å². The predicted octanol–water partition coefficient (Wildman–Crippen LogP) is 6.68. The first kappa shape index (κ1) is 22.4. The second-order valence-corrected chi connectivity index (χ2v) is 7.32. The number of amidine groups is 1. The van der Waals surface area contributed by atoms with Gasteiger partial charge in [0.1, 0.15) is 11.7 Å². The molecule has 0 amide bonds. The summed E-state index contributed by atoms with van der Waals surface area (Å²) in [7, 11) is 1.70. The number of nitrogens with zero attached hydrogens (tertiary/aromatic N) is 1. The SMILES string of the molecule is C=C(NC(=NC)c1ccccc1Nc1ccccc1Cl)c1cccc(F)c1NCCC. The van der Waals surface area contributed by atoms with Gasteiger partial charge in [-0.05, 0) is 36.8 Å². The number of anilines is 3. The van der Waals surface area contributed by atoms with Crippen LogP contribution in [0.3, 0.4) is 0 Å². The highest BCUT2D eigenvalue weighted by molar-refractivity contribution is 6.33. The summed E-state index contributed by atoms with van der Waals surface area (Å²) < 4.78 is 14.4. The molecule has 0 bridgehead atoms. The maximum atomic E-state index is 14.4. The number of hydrogen-bond acceptors (Lipinski definition) is 3. The highest BCUT2D eigenvalue weighted by Gasteiger charge is 2.15. The molecular weight excluding hydrogens is 411 g/mol. The van der Waals surface area contributed by atoms with E-state index in [1.165, 1.54) is 6.07 Å². The summed E-state index contributed by atoms with van der Waals surface area (Å²) in [6, 6.07) is 20.2. The lowest BCUT2D eigenvalue weighted by Crippen LogP contribution is -2.24. The molecule has 0 saturated heterocycles. The van der Waals surface area contributed by atoms with Crippen LogP contribution < -0.4 is 16.0 Å². The number of aliphatic imine (C=N–C) groups is 1. The first-order valence-corrected chi connectivity index (χ1v) is 10.5. The van der Waals surface area contributed by atoms with Crippen LogP contribution >= 0.6 is 11.6 Å². The number of nitrogens with one attached hydrogen (secondary N) is 3. The molecule has 6 heteroatoms. The molecule has 3 aromatic carbocycles. The lowest BCUT2D eigenvalue weighted by molar-refractivity contribution is 0.629. The van der Waals surface area contributed by atoms with Gasteiger partial charge >= 0.3 is 0 Å². The molecule has 0 aliphatic rings. The normalized spacial score (nSPS) is 11.2. The van der Waals surface area contributed by atoms with Gasteiger partial charge in [-0.1, -0.05) is 61.5 Å². The second kappa shape index (κ2) is 10.6. The Kier molecular flexibility index (Phi) is 7.68. The highest BCUT2D eigenvalue weighted by Crippen LogP contribution is 2.28. The zero-order valence-electron chi connectivity index (χ0n) is 17.7. The third-order valence-electron chi connectivity index (χ3n) is 4.71. The van der Waals surface area contributed by atoms with Crippen molar-refractivity contribution in [2.75, 3.05) is 24.2 Å². The summed E-state index contributed by atoms with van der Waals surface area (Å²) in [6.07, 6.45) is 0.885. The summed E-state index contributed by atoms with van der Waals surface area (Å²) in [5.74, 6) is 0.288. The van der Waals surface area contributed by atoms with Crippen LogP contribution in [0.4, 0.5) is 21.5 Å². The maximum Gasteiger partial charge on any atom is 0.146 e. The Bertz CT molecular complexity index is 1090. The number of rotatable bonds is 8. The quantitative estimate of drug-likeness (QED) is 0.272. The summed E-state index contributed by atoms with van der Waals surface area (Å²) in [5.41, 5.74) is 4.10. The molecule has 0 atom stereocenters. The highest BCUT2D eigenvalue weighted by atomic mass is 35.5. The number of halogens is 2. The van der Waals surface area contributed by atoms with Gasteiger partial charge in [-0.25, -0.2) is 4.39 Å². The van der Waals surface area contributed by atoms with E-state index in [4.69, 9.17) is 11.6 Å². The number of hydrogen-bond donors (Lipinski definition) is 3. The van der Waals surface area contributed by atoms with Crippen molar-refractivity contribution in [3.63, 3.8) is 0 Å². The fourth-order valence-electron chi connectivity index (χ4n) is 3.17. The molecule has 3 aromatic rings. The molecule has 0 spiro atoms. The smallest absolute Gasteiger partial charge is 0.146 e. The van der Waals surface area contributed by atoms with Crippen molar-refractivity contribution in [2.45, 2.75) is 13.3 Å². The standard InChI is InChI=1S/C25H26ClFN4/c1-4-16-29-24-18(11-9-13-21(24)27)17(2)30-25(28-3)19-10-5-7-14-22(19)31-23-15-8-6-12-20(23)26/h5-15,29,31H,2,4,16H2,1,3H3,(H,28,30). The summed E-state index contributed by atoms with van der Waals surface area (Å²) in [4.78, 5) is 4.42. The lowest BCUT2D eigenvalue weighted by Gasteiger charge is -2.19. The van der Waals surface area contributed by atoms with Crippen molar-refractivity contribution in [2.24, 2.45) is 4.99 Å². The molecule has 0 aliphatic carbocycles. The largest absolute Gasteiger partial charge is 0.382 e. The van der Waals surface area contributed by atoms with Crippen molar-refractivity contribution < 1.29 is 4.39 Å². The Morgan fingerprint density at radius 3 is 2.35 bits per heavy atom. The van der Waals surface area contributed by atoms with Crippen LogP contribution in [0.15, 0.2) is 78.3 Å². The summed E-state index contributed by atoms with van der Waals surface area (Å²) >= 11 is 6.31. The molecule has 160 valence electrons. The van der Waals surface area contributed by atoms with Crippen LogP contribution in [-0.2, 0) is 0 Å². The van der Waals surface area contributed by atoms with Crippen LogP contribution in [0.2, 0.25) is 5.02 Å². The van der Waals surface area contributed by atoms with E-state index in [0.29, 0.717) is 34.4 Å². The third-order valence-corrected chi connectivity index (χ3v) is 5.04. The van der Waals surface area contributed by atoms with Crippen molar-refractivity contribution in [1.29, 1.82) is 0 Å². The topological polar surface area (TPSA) is 48.5 Å². The average Bonchev–Trinajstić information content (AvgIpc) is 2.78. The second-order valence-electron chi connectivity index (χ2n) is 6.92. The van der Waals surface area contributed by atoms with Crippen LogP contribution in [0.25, 0.3) is 5.70 Å². The first-order chi connectivity index (χ1) is 15.0. The molecule has 0 unspecified atom stereocenters. The van der Waals surface area contributed by atoms with Crippen LogP contribution in [0.1, 0.15) is 24.5 Å². The van der Waals surface area contributed by atoms with E-state index in [1.54, 1.807) is 13.1 Å². The van der Waals surface area contributed by atoms with Gasteiger partial charge in [0.05, 0.1) is 16.4 Å². The molecule has 0 aromatic heterocycles. The van der Waals surface area contributed by atoms with E-state index in [1.807, 2.05) is 61.5 Å². The zero-order valence-corrected chi connectivity index (χ0v) is 18.4. The minimum Gasteiger partial charge on any atom is -0.382 e. The zero-order chi connectivity index (χ0) is 22.2. The Morgan fingerprint density at radius 2 is 1.65 bits per heavy atom. The molecule has 31 heavy (non-hydrogen) atoms. The summed E-state index contributed by atoms with van der Waals surface area (Å²) in [6.45, 7) is 6.84. The van der Waals surface area contributed by atoms with Gasteiger partial charge in [-0.2, -0.15) is 0 Å². The van der Waals surface area contributed by atoms with Crippen molar-refractivity contribution in [3.05, 3.63) is 95.3 Å². The van der Waals surface area contributed by atoms with Gasteiger partial charge in [0.15, 0.2) is 0 Å². The van der Waals surface area contributed by atoms with Crippen molar-refractivity contribution in [3.8, 4) is 0 Å². The Morgan fingerprint density at radius 1 is 0.968 bits per heavy atom. The fraction of sp³-hybridized carbons (Fsp3) is 0.160. The molecule has 3 rings (SSSR count). The Balaban J connectivity index is 1.89. The van der Waals surface area contributed by atoms with E-state index in [2.05, 4.69) is 27.5 Å². The Hall–Kier alpha value is -3.31. The van der Waals surface area contributed by atoms with Crippen molar-refractivity contribution in [1.82, 2.24) is 5.32 Å². The monoisotopic (exact) mass is 436 g/mol. The van der Waals surface area contributed by atoms with Crippen LogP contribution in [0, 0.1) is 5.82 Å². The predicted molar refractivity (Wildman–Crippen MR) is 131 cm³/mol. The van der Waals surface area contributed by atoms with E-state index in [0.717, 1.165) is 23.4 Å². The van der Waals surface area contributed by atoms with Crippen molar-refractivity contribution >= 4 is 40.2 Å². The van der Waals surface area contributed by atoms with Gasteiger partial charge < -0.3 is 16.0 Å². The lowest BCUT2D eigenvalue weighted by atomic mass is 10.1. The van der Waals surface area contributed by atoms with E-state index in [-0.39, 0.29) is 5.82 Å². The molecule has 0 aliphatic heterocycles. The van der Waals surface area contributed by atoms with E-state index in [9.17, 15) is 4.39 Å². The maximum absolute atomic E-state index is 14.4. The molecular formula is C25H26ClFN4. The fourth-order valence-corrected chi connectivity index (χ4v) is 3.35. The molecule has 0 saturated carbocycles. The average molecular weight is 437 g/mol. The summed E-state index contributed by atoms with van der Waals surface area (Å²) in [5, 5.41) is 10.4. The first-order valence-electron chi connectivity index (χ1n) is 10.1.